The molecule has 0 bridgehead atoms. The van der Waals surface area contributed by atoms with Gasteiger partial charge in [0.1, 0.15) is 5.82 Å². The molecule has 0 heterocycles. The number of rotatable bonds is 3. The summed E-state index contributed by atoms with van der Waals surface area (Å²) < 4.78 is 12.8. The maximum Gasteiger partial charge on any atom is 0.123 e. The molecule has 2 aromatic carbocycles. The van der Waals surface area contributed by atoms with Crippen molar-refractivity contribution in [2.75, 3.05) is 6.26 Å². The van der Waals surface area contributed by atoms with Crippen LogP contribution in [0.5, 0.6) is 0 Å². The van der Waals surface area contributed by atoms with Crippen LogP contribution in [0.15, 0.2) is 42.5 Å². The van der Waals surface area contributed by atoms with Crippen LogP contribution in [0, 0.1) is 11.9 Å². The zero-order valence-electron chi connectivity index (χ0n) is 9.44. The Labute approximate surface area is 112 Å². The van der Waals surface area contributed by atoms with Gasteiger partial charge in [-0.25, -0.2) is 4.39 Å². The lowest BCUT2D eigenvalue weighted by molar-refractivity contribution is 0.628. The largest absolute Gasteiger partial charge is 0.207 e. The fourth-order valence-corrected chi connectivity index (χ4v) is 2.01. The van der Waals surface area contributed by atoms with Crippen molar-refractivity contribution in [1.29, 1.82) is 0 Å². The van der Waals surface area contributed by atoms with Gasteiger partial charge >= 0.3 is 0 Å². The number of hydrogen-bond acceptors (Lipinski definition) is 1. The molecule has 0 atom stereocenters. The number of benzene rings is 2. The summed E-state index contributed by atoms with van der Waals surface area (Å²) in [6.45, 7) is 0. The van der Waals surface area contributed by atoms with Crippen molar-refractivity contribution >= 4 is 24.2 Å². The summed E-state index contributed by atoms with van der Waals surface area (Å²) in [5.41, 5.74) is 3.29. The van der Waals surface area contributed by atoms with Gasteiger partial charge in [-0.05, 0) is 47.2 Å². The maximum absolute atomic E-state index is 12.8. The molecule has 0 aromatic heterocycles. The molecule has 0 amide bonds. The number of hydrogen-bond donors (Lipinski definition) is 0. The van der Waals surface area contributed by atoms with Crippen LogP contribution in [-0.4, -0.2) is 6.26 Å². The molecule has 0 N–H and O–H groups in total. The van der Waals surface area contributed by atoms with Crippen molar-refractivity contribution in [2.45, 2.75) is 5.75 Å². The fourth-order valence-electron chi connectivity index (χ4n) is 1.52. The highest BCUT2D eigenvalue weighted by atomic mass is 35.5. The van der Waals surface area contributed by atoms with Gasteiger partial charge in [0.25, 0.3) is 0 Å². The Bertz CT molecular complexity index is 451. The summed E-state index contributed by atoms with van der Waals surface area (Å²) >= 11 is 1.78. The molecule has 0 aliphatic rings. The van der Waals surface area contributed by atoms with Gasteiger partial charge in [-0.15, -0.1) is 12.4 Å². The molecule has 0 aliphatic carbocycles. The third-order valence-corrected chi connectivity index (χ3v) is 2.95. The van der Waals surface area contributed by atoms with Gasteiger partial charge in [0, 0.05) is 5.75 Å². The van der Waals surface area contributed by atoms with E-state index in [1.165, 1.54) is 17.7 Å². The lowest BCUT2D eigenvalue weighted by atomic mass is 10.0. The van der Waals surface area contributed by atoms with Crippen LogP contribution in [0.1, 0.15) is 5.56 Å². The van der Waals surface area contributed by atoms with E-state index in [1.54, 1.807) is 23.9 Å². The van der Waals surface area contributed by atoms with E-state index in [9.17, 15) is 4.39 Å². The standard InChI is InChI=1S/C14H12FS.ClH/c1-16-10-11-2-4-12(5-3-11)13-6-8-14(15)9-7-13;/h2,4-9H,10H2,1H3;1H. The molecule has 89 valence electrons. The molecule has 0 spiro atoms. The van der Waals surface area contributed by atoms with E-state index in [2.05, 4.69) is 24.5 Å². The summed E-state index contributed by atoms with van der Waals surface area (Å²) in [6.07, 6.45) is 2.07. The molecule has 2 rings (SSSR count). The van der Waals surface area contributed by atoms with Crippen LogP contribution in [0.4, 0.5) is 4.39 Å². The SMILES string of the molecule is CSCc1[c]cc(-c2ccc(F)cc2)cc1.Cl. The predicted molar refractivity (Wildman–Crippen MR) is 75.1 cm³/mol. The Morgan fingerprint density at radius 2 is 1.71 bits per heavy atom. The summed E-state index contributed by atoms with van der Waals surface area (Å²) in [4.78, 5) is 0. The molecular formula is C14H13ClFS. The second kappa shape index (κ2) is 6.67. The molecule has 0 saturated carbocycles. The summed E-state index contributed by atoms with van der Waals surface area (Å²) in [6, 6.07) is 15.8. The zero-order valence-corrected chi connectivity index (χ0v) is 11.1. The lowest BCUT2D eigenvalue weighted by Crippen LogP contribution is -1.82. The summed E-state index contributed by atoms with van der Waals surface area (Å²) in [5, 5.41) is 0. The van der Waals surface area contributed by atoms with Crippen LogP contribution >= 0.6 is 24.2 Å². The molecule has 3 heteroatoms. The van der Waals surface area contributed by atoms with Crippen LogP contribution in [0.25, 0.3) is 11.1 Å². The molecule has 0 saturated heterocycles. The van der Waals surface area contributed by atoms with Gasteiger partial charge < -0.3 is 0 Å². The molecular weight excluding hydrogens is 255 g/mol. The van der Waals surface area contributed by atoms with Crippen molar-refractivity contribution < 1.29 is 4.39 Å². The first-order valence-electron chi connectivity index (χ1n) is 5.05. The van der Waals surface area contributed by atoms with E-state index in [0.717, 1.165) is 16.9 Å². The van der Waals surface area contributed by atoms with Crippen LogP contribution in [0.2, 0.25) is 0 Å². The normalized spacial score (nSPS) is 9.76. The Hall–Kier alpha value is -0.990. The minimum absolute atomic E-state index is 0. The van der Waals surface area contributed by atoms with Gasteiger partial charge in [-0.3, -0.25) is 0 Å². The van der Waals surface area contributed by atoms with Gasteiger partial charge in [-0.2, -0.15) is 11.8 Å². The van der Waals surface area contributed by atoms with Crippen molar-refractivity contribution in [3.63, 3.8) is 0 Å². The van der Waals surface area contributed by atoms with Crippen LogP contribution < -0.4 is 0 Å². The van der Waals surface area contributed by atoms with E-state index in [-0.39, 0.29) is 18.2 Å². The second-order valence-corrected chi connectivity index (χ2v) is 4.41. The first kappa shape index (κ1) is 14.1. The Kier molecular flexibility index (Phi) is 5.52. The highest BCUT2D eigenvalue weighted by Gasteiger charge is 1.98. The topological polar surface area (TPSA) is 0 Å². The smallest absolute Gasteiger partial charge is 0.123 e. The van der Waals surface area contributed by atoms with Crippen molar-refractivity contribution in [2.24, 2.45) is 0 Å². The van der Waals surface area contributed by atoms with E-state index < -0.39 is 0 Å². The van der Waals surface area contributed by atoms with Crippen LogP contribution in [0.3, 0.4) is 0 Å². The molecule has 17 heavy (non-hydrogen) atoms. The molecule has 0 aliphatic heterocycles. The fraction of sp³-hybridized carbons (Fsp3) is 0.143. The molecule has 2 aromatic rings. The number of thioether (sulfide) groups is 1. The lowest BCUT2D eigenvalue weighted by Gasteiger charge is -2.03. The minimum Gasteiger partial charge on any atom is -0.207 e. The van der Waals surface area contributed by atoms with Gasteiger partial charge in [0.2, 0.25) is 0 Å². The Morgan fingerprint density at radius 1 is 1.06 bits per heavy atom. The molecule has 1 radical (unpaired) electrons. The van der Waals surface area contributed by atoms with Crippen molar-refractivity contribution in [3.8, 4) is 11.1 Å². The average Bonchev–Trinajstić information content (AvgIpc) is 2.32. The number of halogens is 2. The second-order valence-electron chi connectivity index (χ2n) is 3.54. The third-order valence-electron chi connectivity index (χ3n) is 2.35. The zero-order chi connectivity index (χ0) is 11.4. The first-order chi connectivity index (χ1) is 7.79. The summed E-state index contributed by atoms with van der Waals surface area (Å²) in [7, 11) is 0. The average molecular weight is 268 g/mol. The highest BCUT2D eigenvalue weighted by molar-refractivity contribution is 7.97. The molecule has 0 nitrogen and oxygen atoms in total. The van der Waals surface area contributed by atoms with Crippen LogP contribution in [-0.2, 0) is 5.75 Å². The first-order valence-corrected chi connectivity index (χ1v) is 6.44. The summed E-state index contributed by atoms with van der Waals surface area (Å²) in [5.74, 6) is 0.774. The van der Waals surface area contributed by atoms with Gasteiger partial charge in [-0.1, -0.05) is 24.3 Å². The highest BCUT2D eigenvalue weighted by Crippen LogP contribution is 2.20. The van der Waals surface area contributed by atoms with Gasteiger partial charge in [0.05, 0.1) is 0 Å². The maximum atomic E-state index is 12.8. The Balaban J connectivity index is 0.00000144. The third kappa shape index (κ3) is 3.76. The van der Waals surface area contributed by atoms with E-state index in [4.69, 9.17) is 0 Å². The molecule has 0 fully saturated rings. The van der Waals surface area contributed by atoms with E-state index in [0.29, 0.717) is 0 Å². The monoisotopic (exact) mass is 267 g/mol. The molecule has 0 unspecified atom stereocenters. The van der Waals surface area contributed by atoms with Gasteiger partial charge in [0.15, 0.2) is 0 Å². The van der Waals surface area contributed by atoms with E-state index in [1.807, 2.05) is 6.07 Å². The van der Waals surface area contributed by atoms with Crippen molar-refractivity contribution in [1.82, 2.24) is 0 Å². The predicted octanol–water partition coefficient (Wildman–Crippen LogP) is 4.58. The van der Waals surface area contributed by atoms with Crippen molar-refractivity contribution in [3.05, 3.63) is 59.9 Å². The Morgan fingerprint density at radius 3 is 2.24 bits per heavy atom. The van der Waals surface area contributed by atoms with E-state index >= 15 is 0 Å². The quantitative estimate of drug-likeness (QED) is 0.785. The minimum atomic E-state index is -0.202.